The fraction of sp³-hybridized carbons (Fsp3) is 0.148. The lowest BCUT2D eigenvalue weighted by Crippen LogP contribution is -2.34. The van der Waals surface area contributed by atoms with Crippen LogP contribution in [0.2, 0.25) is 5.02 Å². The van der Waals surface area contributed by atoms with Crippen LogP contribution in [0, 0.1) is 0 Å². The Morgan fingerprint density at radius 1 is 0.816 bits per heavy atom. The molecule has 38 heavy (non-hydrogen) atoms. The minimum atomic E-state index is -0.440. The fourth-order valence-electron chi connectivity index (χ4n) is 3.64. The maximum Gasteiger partial charge on any atom is 0.261 e. The molecule has 0 saturated heterocycles. The third-order valence-electron chi connectivity index (χ3n) is 5.50. The highest BCUT2D eigenvalue weighted by Gasteiger charge is 2.16. The van der Waals surface area contributed by atoms with Crippen LogP contribution in [0.1, 0.15) is 10.4 Å². The summed E-state index contributed by atoms with van der Waals surface area (Å²) in [5.74, 6) is 2.54. The highest BCUT2D eigenvalue weighted by atomic mass is 35.5. The van der Waals surface area contributed by atoms with Gasteiger partial charge < -0.3 is 29.0 Å². The molecule has 196 valence electrons. The summed E-state index contributed by atoms with van der Waals surface area (Å²) >= 11 is 11.8. The molecule has 0 aliphatic rings. The first-order valence-electron chi connectivity index (χ1n) is 11.2. The van der Waals surface area contributed by atoms with Gasteiger partial charge in [0.1, 0.15) is 23.0 Å². The second-order valence-corrected chi connectivity index (χ2v) is 8.57. The van der Waals surface area contributed by atoms with Crippen molar-refractivity contribution in [2.45, 2.75) is 0 Å². The van der Waals surface area contributed by atoms with Crippen LogP contribution in [-0.2, 0) is 0 Å². The Labute approximate surface area is 229 Å². The topological polar surface area (TPSA) is 100 Å². The molecule has 0 unspecified atom stereocenters. The highest BCUT2D eigenvalue weighted by molar-refractivity contribution is 7.80. The van der Waals surface area contributed by atoms with Crippen LogP contribution in [-0.4, -0.2) is 44.4 Å². The number of nitrogens with one attached hydrogen (secondary N) is 2. The standard InChI is InChI=1S/C27H24ClN3O6S/c1-33-16-6-7-17(23(12-16)34-2)26(32)31-27(38)30-15-5-8-22(19(28)11-15)37-21-9-10-29-20-14-25(36-4)24(35-3)13-18(20)21/h5-14H,1-4H3,(H2,30,31,32,38). The van der Waals surface area contributed by atoms with Crippen molar-refractivity contribution in [3.8, 4) is 34.5 Å². The molecule has 0 spiro atoms. The number of methoxy groups -OCH3 is 4. The molecule has 9 nitrogen and oxygen atoms in total. The number of halogens is 1. The normalized spacial score (nSPS) is 10.4. The van der Waals surface area contributed by atoms with Crippen molar-refractivity contribution in [2.24, 2.45) is 0 Å². The van der Waals surface area contributed by atoms with E-state index < -0.39 is 5.91 Å². The van der Waals surface area contributed by atoms with Gasteiger partial charge in [0.2, 0.25) is 0 Å². The molecular weight excluding hydrogens is 530 g/mol. The number of pyridine rings is 1. The summed E-state index contributed by atoms with van der Waals surface area (Å²) in [5, 5.41) is 6.70. The number of carbonyl (C=O) groups excluding carboxylic acids is 1. The molecule has 4 aromatic rings. The number of nitrogens with zero attached hydrogens (tertiary/aromatic N) is 1. The van der Waals surface area contributed by atoms with Crippen molar-refractivity contribution in [1.29, 1.82) is 0 Å². The van der Waals surface area contributed by atoms with Gasteiger partial charge in [0.05, 0.1) is 44.5 Å². The first-order valence-corrected chi connectivity index (χ1v) is 12.0. The predicted octanol–water partition coefficient (Wildman–Crippen LogP) is 5.84. The Balaban J connectivity index is 1.48. The van der Waals surface area contributed by atoms with Crippen LogP contribution < -0.4 is 34.3 Å². The molecule has 11 heteroatoms. The number of rotatable bonds is 8. The third kappa shape index (κ3) is 5.82. The molecule has 0 bridgehead atoms. The van der Waals surface area contributed by atoms with E-state index in [0.29, 0.717) is 56.3 Å². The van der Waals surface area contributed by atoms with Crippen molar-refractivity contribution < 1.29 is 28.5 Å². The summed E-state index contributed by atoms with van der Waals surface area (Å²) in [5.41, 5.74) is 1.53. The number of benzene rings is 3. The van der Waals surface area contributed by atoms with Gasteiger partial charge in [-0.25, -0.2) is 0 Å². The summed E-state index contributed by atoms with van der Waals surface area (Å²) in [7, 11) is 6.12. The van der Waals surface area contributed by atoms with E-state index in [9.17, 15) is 4.79 Å². The maximum atomic E-state index is 12.7. The molecule has 4 rings (SSSR count). The molecule has 0 atom stereocenters. The number of fused-ring (bicyclic) bond motifs is 1. The summed E-state index contributed by atoms with van der Waals surface area (Å²) in [6.45, 7) is 0. The minimum Gasteiger partial charge on any atom is -0.497 e. The molecule has 2 N–H and O–H groups in total. The van der Waals surface area contributed by atoms with E-state index in [0.717, 1.165) is 5.39 Å². The van der Waals surface area contributed by atoms with Crippen molar-refractivity contribution in [3.63, 3.8) is 0 Å². The number of aromatic nitrogens is 1. The van der Waals surface area contributed by atoms with Crippen molar-refractivity contribution in [3.05, 3.63) is 71.4 Å². The molecule has 3 aromatic carbocycles. The number of ether oxygens (including phenoxy) is 5. The zero-order valence-corrected chi connectivity index (χ0v) is 22.5. The summed E-state index contributed by atoms with van der Waals surface area (Å²) < 4.78 is 27.3. The van der Waals surface area contributed by atoms with Crippen LogP contribution in [0.5, 0.6) is 34.5 Å². The van der Waals surface area contributed by atoms with E-state index in [1.165, 1.54) is 14.2 Å². The van der Waals surface area contributed by atoms with Gasteiger partial charge in [0.15, 0.2) is 16.6 Å². The van der Waals surface area contributed by atoms with Gasteiger partial charge in [-0.1, -0.05) is 11.6 Å². The number of thiocarbonyl (C=S) groups is 1. The second kappa shape index (κ2) is 11.8. The molecule has 0 aliphatic heterocycles. The molecule has 0 fully saturated rings. The maximum absolute atomic E-state index is 12.7. The Morgan fingerprint density at radius 2 is 1.55 bits per heavy atom. The van der Waals surface area contributed by atoms with Crippen molar-refractivity contribution >= 4 is 51.4 Å². The van der Waals surface area contributed by atoms with Crippen molar-refractivity contribution in [2.75, 3.05) is 33.8 Å². The Bertz CT molecular complexity index is 1510. The zero-order chi connectivity index (χ0) is 27.2. The van der Waals surface area contributed by atoms with E-state index in [1.54, 1.807) is 75.0 Å². The molecule has 1 heterocycles. The molecule has 0 saturated carbocycles. The predicted molar refractivity (Wildman–Crippen MR) is 150 cm³/mol. The number of amides is 1. The number of anilines is 1. The second-order valence-electron chi connectivity index (χ2n) is 7.76. The minimum absolute atomic E-state index is 0.0822. The van der Waals surface area contributed by atoms with Gasteiger partial charge in [-0.3, -0.25) is 15.1 Å². The van der Waals surface area contributed by atoms with E-state index in [2.05, 4.69) is 15.6 Å². The van der Waals surface area contributed by atoms with Gasteiger partial charge in [0.25, 0.3) is 5.91 Å². The smallest absolute Gasteiger partial charge is 0.261 e. The monoisotopic (exact) mass is 553 g/mol. The Kier molecular flexibility index (Phi) is 8.35. The van der Waals surface area contributed by atoms with Crippen LogP contribution in [0.25, 0.3) is 10.9 Å². The SMILES string of the molecule is COc1ccc(C(=O)NC(=S)Nc2ccc(Oc3ccnc4cc(OC)c(OC)cc34)c(Cl)c2)c(OC)c1. The summed E-state index contributed by atoms with van der Waals surface area (Å²) in [4.78, 5) is 17.1. The first-order chi connectivity index (χ1) is 18.4. The quantitative estimate of drug-likeness (QED) is 0.260. The number of hydrogen-bond acceptors (Lipinski definition) is 8. The molecule has 0 radical (unpaired) electrons. The van der Waals surface area contributed by atoms with Crippen LogP contribution in [0.3, 0.4) is 0 Å². The largest absolute Gasteiger partial charge is 0.497 e. The van der Waals surface area contributed by atoms with E-state index >= 15 is 0 Å². The molecule has 1 aromatic heterocycles. The lowest BCUT2D eigenvalue weighted by Gasteiger charge is -2.15. The van der Waals surface area contributed by atoms with E-state index in [1.807, 2.05) is 0 Å². The molecule has 0 aliphatic carbocycles. The van der Waals surface area contributed by atoms with Gasteiger partial charge in [-0.05, 0) is 54.7 Å². The Hall–Kier alpha value is -4.28. The van der Waals surface area contributed by atoms with E-state index in [4.69, 9.17) is 47.5 Å². The highest BCUT2D eigenvalue weighted by Crippen LogP contribution is 2.38. The van der Waals surface area contributed by atoms with E-state index in [-0.39, 0.29) is 5.11 Å². The summed E-state index contributed by atoms with van der Waals surface area (Å²) in [6.07, 6.45) is 1.63. The molecular formula is C27H24ClN3O6S. The lowest BCUT2D eigenvalue weighted by atomic mass is 10.1. The average molecular weight is 554 g/mol. The first kappa shape index (κ1) is 26.8. The van der Waals surface area contributed by atoms with Gasteiger partial charge >= 0.3 is 0 Å². The van der Waals surface area contributed by atoms with Gasteiger partial charge in [0, 0.05) is 29.4 Å². The third-order valence-corrected chi connectivity index (χ3v) is 6.00. The van der Waals surface area contributed by atoms with Crippen molar-refractivity contribution in [1.82, 2.24) is 10.3 Å². The zero-order valence-electron chi connectivity index (χ0n) is 21.0. The van der Waals surface area contributed by atoms with Crippen LogP contribution >= 0.6 is 23.8 Å². The Morgan fingerprint density at radius 3 is 2.24 bits per heavy atom. The van der Waals surface area contributed by atoms with Crippen LogP contribution in [0.4, 0.5) is 5.69 Å². The fourth-order valence-corrected chi connectivity index (χ4v) is 4.06. The van der Waals surface area contributed by atoms with Crippen LogP contribution in [0.15, 0.2) is 60.8 Å². The van der Waals surface area contributed by atoms with Gasteiger partial charge in [-0.15, -0.1) is 0 Å². The lowest BCUT2D eigenvalue weighted by molar-refractivity contribution is 0.0974. The number of hydrogen-bond donors (Lipinski definition) is 2. The number of carbonyl (C=O) groups is 1. The van der Waals surface area contributed by atoms with Gasteiger partial charge in [-0.2, -0.15) is 0 Å². The average Bonchev–Trinajstić information content (AvgIpc) is 2.93. The summed E-state index contributed by atoms with van der Waals surface area (Å²) in [6, 6.07) is 15.2. The molecule has 1 amide bonds.